The van der Waals surface area contributed by atoms with Gasteiger partial charge in [-0.2, -0.15) is 0 Å². The van der Waals surface area contributed by atoms with Gasteiger partial charge in [0.05, 0.1) is 16.8 Å². The molecule has 0 spiro atoms. The smallest absolute Gasteiger partial charge is 0.275 e. The van der Waals surface area contributed by atoms with Gasteiger partial charge in [-0.05, 0) is 23.8 Å². The van der Waals surface area contributed by atoms with Crippen molar-refractivity contribution in [2.45, 2.75) is 0 Å². The van der Waals surface area contributed by atoms with Gasteiger partial charge in [-0.15, -0.1) is 0 Å². The lowest BCUT2D eigenvalue weighted by atomic mass is 10.0. The lowest BCUT2D eigenvalue weighted by Crippen LogP contribution is -2.19. The van der Waals surface area contributed by atoms with E-state index in [0.717, 1.165) is 11.1 Å². The molecule has 0 aliphatic heterocycles. The average Bonchev–Trinajstić information content (AvgIpc) is 2.73. The SMILES string of the molecule is O=C(NO)c1cc(-c2ccc(-c3ccccc3F)cc2)nc2ccccc12. The molecule has 5 heteroatoms. The van der Waals surface area contributed by atoms with Crippen LogP contribution in [-0.4, -0.2) is 16.1 Å². The maximum atomic E-state index is 14.0. The van der Waals surface area contributed by atoms with Crippen LogP contribution in [0.25, 0.3) is 33.3 Å². The maximum absolute atomic E-state index is 14.0. The van der Waals surface area contributed by atoms with E-state index in [2.05, 4.69) is 4.98 Å². The first-order valence-corrected chi connectivity index (χ1v) is 8.37. The summed E-state index contributed by atoms with van der Waals surface area (Å²) >= 11 is 0. The van der Waals surface area contributed by atoms with Crippen LogP contribution in [0.2, 0.25) is 0 Å². The number of pyridine rings is 1. The topological polar surface area (TPSA) is 62.2 Å². The zero-order chi connectivity index (χ0) is 18.8. The van der Waals surface area contributed by atoms with Gasteiger partial charge in [-0.3, -0.25) is 10.0 Å². The fraction of sp³-hybridized carbons (Fsp3) is 0. The Morgan fingerprint density at radius 2 is 1.56 bits per heavy atom. The third-order valence-electron chi connectivity index (χ3n) is 4.43. The van der Waals surface area contributed by atoms with Crippen molar-refractivity contribution >= 4 is 16.8 Å². The van der Waals surface area contributed by atoms with Crippen molar-refractivity contribution in [2.75, 3.05) is 0 Å². The predicted octanol–water partition coefficient (Wildman–Crippen LogP) is 4.83. The summed E-state index contributed by atoms with van der Waals surface area (Å²) in [7, 11) is 0. The average molecular weight is 358 g/mol. The normalized spacial score (nSPS) is 10.7. The summed E-state index contributed by atoms with van der Waals surface area (Å²) < 4.78 is 14.0. The van der Waals surface area contributed by atoms with Crippen molar-refractivity contribution in [3.05, 3.63) is 90.2 Å². The summed E-state index contributed by atoms with van der Waals surface area (Å²) in [5.41, 5.74) is 5.31. The molecule has 0 bridgehead atoms. The number of nitrogens with zero attached hydrogens (tertiary/aromatic N) is 1. The van der Waals surface area contributed by atoms with Gasteiger partial charge in [0.1, 0.15) is 5.82 Å². The van der Waals surface area contributed by atoms with E-state index in [-0.39, 0.29) is 5.82 Å². The van der Waals surface area contributed by atoms with E-state index in [4.69, 9.17) is 5.21 Å². The standard InChI is InChI=1S/C22H15FN2O2/c23-19-7-3-1-5-16(19)14-9-11-15(12-10-14)21-13-18(22(26)25-27)17-6-2-4-8-20(17)24-21/h1-13,27H,(H,25,26). The van der Waals surface area contributed by atoms with Crippen molar-refractivity contribution in [3.63, 3.8) is 0 Å². The lowest BCUT2D eigenvalue weighted by Gasteiger charge is -2.09. The van der Waals surface area contributed by atoms with E-state index in [1.54, 1.807) is 47.9 Å². The number of hydroxylamine groups is 1. The summed E-state index contributed by atoms with van der Waals surface area (Å²) in [5, 5.41) is 9.69. The fourth-order valence-electron chi connectivity index (χ4n) is 3.09. The number of hydrogen-bond acceptors (Lipinski definition) is 3. The third kappa shape index (κ3) is 3.16. The summed E-state index contributed by atoms with van der Waals surface area (Å²) in [4.78, 5) is 16.7. The molecule has 0 aliphatic rings. The molecule has 4 rings (SSSR count). The fourth-order valence-corrected chi connectivity index (χ4v) is 3.09. The second-order valence-electron chi connectivity index (χ2n) is 6.07. The molecule has 0 saturated carbocycles. The Hall–Kier alpha value is -3.57. The second kappa shape index (κ2) is 6.97. The highest BCUT2D eigenvalue weighted by Crippen LogP contribution is 2.28. The third-order valence-corrected chi connectivity index (χ3v) is 4.43. The van der Waals surface area contributed by atoms with Crippen LogP contribution in [0.15, 0.2) is 78.9 Å². The molecule has 0 fully saturated rings. The largest absolute Gasteiger partial charge is 0.288 e. The van der Waals surface area contributed by atoms with E-state index in [1.807, 2.05) is 30.3 Å². The van der Waals surface area contributed by atoms with Gasteiger partial charge in [0.2, 0.25) is 0 Å². The van der Waals surface area contributed by atoms with Crippen molar-refractivity contribution in [3.8, 4) is 22.4 Å². The molecule has 4 aromatic rings. The van der Waals surface area contributed by atoms with E-state index in [1.165, 1.54) is 6.07 Å². The van der Waals surface area contributed by atoms with Gasteiger partial charge < -0.3 is 0 Å². The van der Waals surface area contributed by atoms with E-state index in [0.29, 0.717) is 27.7 Å². The number of amides is 1. The number of hydrogen-bond donors (Lipinski definition) is 2. The zero-order valence-corrected chi connectivity index (χ0v) is 14.2. The highest BCUT2D eigenvalue weighted by molar-refractivity contribution is 6.06. The Labute approximate surface area is 154 Å². The first-order valence-electron chi connectivity index (χ1n) is 8.37. The van der Waals surface area contributed by atoms with Crippen LogP contribution >= 0.6 is 0 Å². The van der Waals surface area contributed by atoms with Crippen molar-refractivity contribution in [2.24, 2.45) is 0 Å². The molecule has 0 aliphatic carbocycles. The minimum atomic E-state index is -0.599. The Morgan fingerprint density at radius 1 is 0.889 bits per heavy atom. The van der Waals surface area contributed by atoms with Crippen LogP contribution in [0.1, 0.15) is 10.4 Å². The van der Waals surface area contributed by atoms with E-state index in [9.17, 15) is 9.18 Å². The Morgan fingerprint density at radius 3 is 2.30 bits per heavy atom. The second-order valence-corrected chi connectivity index (χ2v) is 6.07. The number of rotatable bonds is 3. The molecule has 132 valence electrons. The monoisotopic (exact) mass is 358 g/mol. The van der Waals surface area contributed by atoms with Crippen LogP contribution in [0, 0.1) is 5.82 Å². The van der Waals surface area contributed by atoms with Crippen LogP contribution < -0.4 is 5.48 Å². The van der Waals surface area contributed by atoms with Crippen LogP contribution in [0.5, 0.6) is 0 Å². The van der Waals surface area contributed by atoms with Crippen LogP contribution in [0.3, 0.4) is 0 Å². The first kappa shape index (κ1) is 16.9. The van der Waals surface area contributed by atoms with Crippen molar-refractivity contribution < 1.29 is 14.4 Å². The maximum Gasteiger partial charge on any atom is 0.275 e. The van der Waals surface area contributed by atoms with Gasteiger partial charge in [0, 0.05) is 16.5 Å². The Kier molecular flexibility index (Phi) is 4.36. The summed E-state index contributed by atoms with van der Waals surface area (Å²) in [6, 6.07) is 22.7. The minimum absolute atomic E-state index is 0.281. The quantitative estimate of drug-likeness (QED) is 0.407. The van der Waals surface area contributed by atoms with Crippen LogP contribution in [0.4, 0.5) is 4.39 Å². The molecule has 1 amide bonds. The number of fused-ring (bicyclic) bond motifs is 1. The number of aromatic nitrogens is 1. The summed E-state index contributed by atoms with van der Waals surface area (Å²) in [5.74, 6) is -0.881. The molecule has 2 N–H and O–H groups in total. The minimum Gasteiger partial charge on any atom is -0.288 e. The van der Waals surface area contributed by atoms with Crippen LogP contribution in [-0.2, 0) is 0 Å². The molecule has 0 atom stereocenters. The zero-order valence-electron chi connectivity index (χ0n) is 14.2. The number of benzene rings is 3. The Balaban J connectivity index is 1.81. The summed E-state index contributed by atoms with van der Waals surface area (Å²) in [6.45, 7) is 0. The molecule has 27 heavy (non-hydrogen) atoms. The molecule has 0 unspecified atom stereocenters. The number of halogens is 1. The van der Waals surface area contributed by atoms with E-state index < -0.39 is 5.91 Å². The predicted molar refractivity (Wildman–Crippen MR) is 102 cm³/mol. The molecule has 3 aromatic carbocycles. The molecular formula is C22H15FN2O2. The first-order chi connectivity index (χ1) is 13.2. The summed E-state index contributed by atoms with van der Waals surface area (Å²) in [6.07, 6.45) is 0. The highest BCUT2D eigenvalue weighted by Gasteiger charge is 2.13. The molecule has 0 radical (unpaired) electrons. The molecule has 4 nitrogen and oxygen atoms in total. The molecule has 1 aromatic heterocycles. The Bertz CT molecular complexity index is 1140. The van der Waals surface area contributed by atoms with Crippen molar-refractivity contribution in [1.82, 2.24) is 10.5 Å². The van der Waals surface area contributed by atoms with Crippen molar-refractivity contribution in [1.29, 1.82) is 0 Å². The number of nitrogens with one attached hydrogen (secondary N) is 1. The molecule has 1 heterocycles. The van der Waals surface area contributed by atoms with Gasteiger partial charge in [0.15, 0.2) is 0 Å². The van der Waals surface area contributed by atoms with Gasteiger partial charge in [-0.25, -0.2) is 14.9 Å². The number of carbonyl (C=O) groups is 1. The van der Waals surface area contributed by atoms with E-state index >= 15 is 0 Å². The molecule has 0 saturated heterocycles. The number of para-hydroxylation sites is 1. The highest BCUT2D eigenvalue weighted by atomic mass is 19.1. The van der Waals surface area contributed by atoms with Gasteiger partial charge >= 0.3 is 0 Å². The lowest BCUT2D eigenvalue weighted by molar-refractivity contribution is 0.0708. The number of carbonyl (C=O) groups excluding carboxylic acids is 1. The van der Waals surface area contributed by atoms with Gasteiger partial charge in [-0.1, -0.05) is 60.7 Å². The molecular weight excluding hydrogens is 343 g/mol. The van der Waals surface area contributed by atoms with Gasteiger partial charge in [0.25, 0.3) is 5.91 Å².